The maximum Gasteiger partial charge on any atom is 0.315 e. The largest absolute Gasteiger partial charge is 0.346 e. The lowest BCUT2D eigenvalue weighted by Gasteiger charge is -2.38. The number of urea groups is 1. The highest BCUT2D eigenvalue weighted by molar-refractivity contribution is 7.89. The van der Waals surface area contributed by atoms with Crippen molar-refractivity contribution in [1.82, 2.24) is 30.5 Å². The number of hydrogen-bond donors (Lipinski definition) is 4. The van der Waals surface area contributed by atoms with Gasteiger partial charge in [-0.05, 0) is 59.5 Å². The molecule has 4 aliphatic rings. The lowest BCUT2D eigenvalue weighted by atomic mass is 9.83. The number of rotatable bonds is 14. The predicted octanol–water partition coefficient (Wildman–Crippen LogP) is 3.49. The van der Waals surface area contributed by atoms with Gasteiger partial charge in [-0.3, -0.25) is 19.2 Å². The molecule has 6 atom stereocenters. The molecule has 0 spiro atoms. The normalized spacial score (nSPS) is 24.9. The van der Waals surface area contributed by atoms with Gasteiger partial charge in [0.2, 0.25) is 27.6 Å². The highest BCUT2D eigenvalue weighted by Gasteiger charge is 2.70. The third-order valence-corrected chi connectivity index (χ3v) is 13.8. The minimum atomic E-state index is -3.72. The SMILES string of the molecule is C=CCNC(=O)C(=O)C(CCC)NC(=O)C1[C@@H]2[C@H](CN1C(=O)[C@@H](NC(=O)N[C@H](CN1Cc3ccccc3S1(=O)=O)C1CCCCC1)C(C)(C)C)C2(C)C. The van der Waals surface area contributed by atoms with Crippen molar-refractivity contribution in [2.24, 2.45) is 28.6 Å². The lowest BCUT2D eigenvalue weighted by molar-refractivity contribution is -0.145. The number of nitrogens with zero attached hydrogens (tertiary/aromatic N) is 2. The Morgan fingerprint density at radius 1 is 1.02 bits per heavy atom. The fourth-order valence-electron chi connectivity index (χ4n) is 8.73. The number of likely N-dealkylation sites (tertiary alicyclic amines) is 1. The molecule has 292 valence electrons. The van der Waals surface area contributed by atoms with Crippen LogP contribution in [-0.4, -0.2) is 91.0 Å². The Balaban J connectivity index is 1.33. The number of benzene rings is 1. The molecule has 0 bridgehead atoms. The first-order chi connectivity index (χ1) is 24.9. The van der Waals surface area contributed by atoms with E-state index in [-0.39, 0.29) is 54.1 Å². The van der Waals surface area contributed by atoms with Gasteiger partial charge >= 0.3 is 6.03 Å². The molecule has 13 nitrogen and oxygen atoms in total. The fourth-order valence-corrected chi connectivity index (χ4v) is 10.4. The van der Waals surface area contributed by atoms with E-state index in [1.54, 1.807) is 12.1 Å². The van der Waals surface area contributed by atoms with Crippen molar-refractivity contribution in [3.05, 3.63) is 42.5 Å². The van der Waals surface area contributed by atoms with E-state index in [0.717, 1.165) is 37.7 Å². The highest BCUT2D eigenvalue weighted by Crippen LogP contribution is 2.65. The van der Waals surface area contributed by atoms with Crippen molar-refractivity contribution < 1.29 is 32.4 Å². The number of carbonyl (C=O) groups excluding carboxylic acids is 5. The van der Waals surface area contributed by atoms with Gasteiger partial charge in [0, 0.05) is 32.2 Å². The summed E-state index contributed by atoms with van der Waals surface area (Å²) in [6, 6.07) is 2.92. The molecule has 2 saturated carbocycles. The second-order valence-electron chi connectivity index (χ2n) is 16.9. The van der Waals surface area contributed by atoms with E-state index in [0.29, 0.717) is 13.0 Å². The Morgan fingerprint density at radius 3 is 2.32 bits per heavy atom. The van der Waals surface area contributed by atoms with E-state index < -0.39 is 69.1 Å². The van der Waals surface area contributed by atoms with Gasteiger partial charge in [-0.1, -0.05) is 91.5 Å². The highest BCUT2D eigenvalue weighted by atomic mass is 32.2. The maximum absolute atomic E-state index is 14.5. The van der Waals surface area contributed by atoms with Gasteiger partial charge in [0.05, 0.1) is 10.9 Å². The first kappa shape index (κ1) is 40.4. The molecule has 5 amide bonds. The summed E-state index contributed by atoms with van der Waals surface area (Å²) in [7, 11) is -3.72. The molecular weight excluding hydrogens is 697 g/mol. The van der Waals surface area contributed by atoms with E-state index in [1.807, 2.05) is 39.8 Å². The molecule has 5 rings (SSSR count). The third-order valence-electron chi connectivity index (χ3n) is 11.9. The first-order valence-electron chi connectivity index (χ1n) is 19.1. The summed E-state index contributed by atoms with van der Waals surface area (Å²) in [5, 5.41) is 11.3. The van der Waals surface area contributed by atoms with E-state index >= 15 is 0 Å². The summed E-state index contributed by atoms with van der Waals surface area (Å²) >= 11 is 0. The van der Waals surface area contributed by atoms with Crippen molar-refractivity contribution in [2.75, 3.05) is 19.6 Å². The van der Waals surface area contributed by atoms with Crippen LogP contribution in [0.1, 0.15) is 92.1 Å². The number of ketones is 1. The van der Waals surface area contributed by atoms with Gasteiger partial charge in [-0.2, -0.15) is 4.31 Å². The zero-order valence-corrected chi connectivity index (χ0v) is 32.9. The number of carbonyl (C=O) groups is 5. The van der Waals surface area contributed by atoms with Crippen LogP contribution in [0.4, 0.5) is 4.79 Å². The number of hydrogen-bond acceptors (Lipinski definition) is 7. The predicted molar refractivity (Wildman–Crippen MR) is 201 cm³/mol. The molecular formula is C39H58N6O7S. The van der Waals surface area contributed by atoms with Gasteiger partial charge < -0.3 is 26.2 Å². The van der Waals surface area contributed by atoms with Crippen LogP contribution in [0.2, 0.25) is 0 Å². The second-order valence-corrected chi connectivity index (χ2v) is 18.8. The van der Waals surface area contributed by atoms with E-state index in [4.69, 9.17) is 0 Å². The molecule has 4 N–H and O–H groups in total. The fraction of sp³-hybridized carbons (Fsp3) is 0.667. The van der Waals surface area contributed by atoms with Crippen molar-refractivity contribution in [1.29, 1.82) is 0 Å². The molecule has 2 unspecified atom stereocenters. The number of fused-ring (bicyclic) bond motifs is 2. The molecule has 1 aromatic carbocycles. The summed E-state index contributed by atoms with van der Waals surface area (Å²) in [4.78, 5) is 69.9. The van der Waals surface area contributed by atoms with Crippen LogP contribution in [0, 0.1) is 28.6 Å². The average Bonchev–Trinajstić information content (AvgIpc) is 3.37. The Labute approximate surface area is 314 Å². The topological polar surface area (TPSA) is 174 Å². The number of Topliss-reactive ketones (excluding diaryl/α,β-unsaturated/α-hetero) is 1. The van der Waals surface area contributed by atoms with Crippen LogP contribution < -0.4 is 21.3 Å². The van der Waals surface area contributed by atoms with Crippen LogP contribution in [0.5, 0.6) is 0 Å². The minimum Gasteiger partial charge on any atom is -0.346 e. The molecule has 2 aliphatic heterocycles. The zero-order valence-electron chi connectivity index (χ0n) is 32.1. The van der Waals surface area contributed by atoms with Gasteiger partial charge in [-0.25, -0.2) is 13.2 Å². The molecule has 53 heavy (non-hydrogen) atoms. The van der Waals surface area contributed by atoms with Crippen LogP contribution >= 0.6 is 0 Å². The standard InChI is InChI=1S/C39H58N6O7S/c1-8-15-27(32(46)35(48)40-20-9-2)41-34(47)31-30-26(39(30,6)7)22-45(31)36(49)33(38(3,4)5)43-37(50)42-28(24-16-11-10-12-17-24)23-44-21-25-18-13-14-19-29(25)53(44,51)52/h9,13-14,18-19,24,26-28,30-31,33H,2,8,10-12,15-17,20-23H2,1,3-7H3,(H,40,48)(H,41,47)(H2,42,43,50)/t26-,27?,28+,30-,31?,33+/m0/s1. The van der Waals surface area contributed by atoms with Crippen molar-refractivity contribution >= 4 is 39.6 Å². The molecule has 3 fully saturated rings. The average molecular weight is 755 g/mol. The molecule has 2 heterocycles. The van der Waals surface area contributed by atoms with Gasteiger partial charge in [0.25, 0.3) is 5.91 Å². The third kappa shape index (κ3) is 8.48. The van der Waals surface area contributed by atoms with Crippen LogP contribution in [0.15, 0.2) is 41.8 Å². The number of amides is 5. The van der Waals surface area contributed by atoms with Gasteiger partial charge in [0.1, 0.15) is 12.1 Å². The quantitative estimate of drug-likeness (QED) is 0.166. The number of nitrogens with one attached hydrogen (secondary N) is 4. The molecule has 1 saturated heterocycles. The Hall–Kier alpha value is -3.78. The number of sulfonamides is 1. The van der Waals surface area contributed by atoms with Crippen LogP contribution in [0.3, 0.4) is 0 Å². The first-order valence-corrected chi connectivity index (χ1v) is 20.6. The Morgan fingerprint density at radius 2 is 1.70 bits per heavy atom. The van der Waals surface area contributed by atoms with Crippen LogP contribution in [0.25, 0.3) is 0 Å². The van der Waals surface area contributed by atoms with Crippen molar-refractivity contribution in [3.63, 3.8) is 0 Å². The van der Waals surface area contributed by atoms with Crippen LogP contribution in [-0.2, 0) is 35.7 Å². The second kappa shape index (κ2) is 15.9. The lowest BCUT2D eigenvalue weighted by Crippen LogP contribution is -2.62. The molecule has 2 aliphatic carbocycles. The van der Waals surface area contributed by atoms with Gasteiger partial charge in [0.15, 0.2) is 0 Å². The molecule has 0 aromatic heterocycles. The van der Waals surface area contributed by atoms with E-state index in [2.05, 4.69) is 41.7 Å². The summed E-state index contributed by atoms with van der Waals surface area (Å²) in [6.45, 7) is 15.8. The van der Waals surface area contributed by atoms with E-state index in [9.17, 15) is 32.4 Å². The Kier molecular flexibility index (Phi) is 12.1. The Bertz CT molecular complexity index is 1700. The molecule has 1 aromatic rings. The smallest absolute Gasteiger partial charge is 0.315 e. The number of piperidine rings is 1. The summed E-state index contributed by atoms with van der Waals surface area (Å²) < 4.78 is 28.4. The monoisotopic (exact) mass is 754 g/mol. The van der Waals surface area contributed by atoms with Crippen molar-refractivity contribution in [2.45, 2.75) is 122 Å². The molecule has 14 heteroatoms. The summed E-state index contributed by atoms with van der Waals surface area (Å²) in [6.07, 6.45) is 7.03. The molecule has 0 radical (unpaired) electrons. The zero-order chi connectivity index (χ0) is 38.9. The van der Waals surface area contributed by atoms with E-state index in [1.165, 1.54) is 15.3 Å². The minimum absolute atomic E-state index is 0.0510. The summed E-state index contributed by atoms with van der Waals surface area (Å²) in [5.41, 5.74) is -0.249. The van der Waals surface area contributed by atoms with Gasteiger partial charge in [-0.15, -0.1) is 6.58 Å². The summed E-state index contributed by atoms with van der Waals surface area (Å²) in [5.74, 6) is -2.52. The van der Waals surface area contributed by atoms with Crippen molar-refractivity contribution in [3.8, 4) is 0 Å². The maximum atomic E-state index is 14.5.